The maximum atomic E-state index is 11.7. The molecule has 3 aromatic rings. The number of carbonyl (C=O) groups excluding carboxylic acids is 1. The third-order valence-electron chi connectivity index (χ3n) is 3.58. The van der Waals surface area contributed by atoms with E-state index in [9.17, 15) is 10.1 Å². The summed E-state index contributed by atoms with van der Waals surface area (Å²) in [5.41, 5.74) is 3.25. The zero-order valence-electron chi connectivity index (χ0n) is 13.8. The lowest BCUT2D eigenvalue weighted by atomic mass is 10.1. The van der Waals surface area contributed by atoms with Gasteiger partial charge in [0, 0.05) is 26.5 Å². The molecular formula is C20H13IN4O. The Labute approximate surface area is 164 Å². The number of nitrogens with zero attached hydrogens (tertiary/aromatic N) is 2. The Hall–Kier alpha value is -3.10. The van der Waals surface area contributed by atoms with Gasteiger partial charge < -0.3 is 10.6 Å². The molecule has 2 aromatic carbocycles. The third-order valence-corrected chi connectivity index (χ3v) is 4.25. The van der Waals surface area contributed by atoms with E-state index in [0.717, 1.165) is 20.2 Å². The highest BCUT2D eigenvalue weighted by Gasteiger charge is 2.11. The standard InChI is InChI=1S/C20H13IN4O/c1-2-4-19(26)24-16-7-8-18-17(10-16)20(13(11-22)12-23-18)25-15-6-3-5-14(21)9-15/h3,5-10,12H,1H3,(H,23,25)(H,24,26). The Bertz CT molecular complexity index is 1110. The second kappa shape index (κ2) is 7.85. The molecule has 1 aromatic heterocycles. The molecule has 0 spiro atoms. The number of hydrogen-bond acceptors (Lipinski definition) is 4. The van der Waals surface area contributed by atoms with Crippen LogP contribution in [0.25, 0.3) is 10.9 Å². The number of hydrogen-bond donors (Lipinski definition) is 2. The van der Waals surface area contributed by atoms with Crippen LogP contribution < -0.4 is 10.6 Å². The first-order chi connectivity index (χ1) is 12.6. The number of nitriles is 1. The molecule has 0 aliphatic carbocycles. The summed E-state index contributed by atoms with van der Waals surface area (Å²) in [5.74, 6) is 4.62. The highest BCUT2D eigenvalue weighted by molar-refractivity contribution is 14.1. The van der Waals surface area contributed by atoms with Crippen LogP contribution in [-0.4, -0.2) is 10.9 Å². The van der Waals surface area contributed by atoms with Crippen LogP contribution in [0.1, 0.15) is 12.5 Å². The fourth-order valence-electron chi connectivity index (χ4n) is 2.48. The van der Waals surface area contributed by atoms with Crippen LogP contribution in [0.15, 0.2) is 48.7 Å². The summed E-state index contributed by atoms with van der Waals surface area (Å²) < 4.78 is 1.08. The summed E-state index contributed by atoms with van der Waals surface area (Å²) in [7, 11) is 0. The average molecular weight is 452 g/mol. The molecule has 0 unspecified atom stereocenters. The number of aromatic nitrogens is 1. The lowest BCUT2D eigenvalue weighted by molar-refractivity contribution is -0.111. The van der Waals surface area contributed by atoms with Gasteiger partial charge in [0.15, 0.2) is 0 Å². The fraction of sp³-hybridized carbons (Fsp3) is 0.0500. The minimum Gasteiger partial charge on any atom is -0.354 e. The number of rotatable bonds is 3. The van der Waals surface area contributed by atoms with Crippen LogP contribution in [-0.2, 0) is 4.79 Å². The summed E-state index contributed by atoms with van der Waals surface area (Å²) in [5, 5.41) is 16.2. The second-order valence-corrected chi connectivity index (χ2v) is 6.60. The fourth-order valence-corrected chi connectivity index (χ4v) is 3.02. The molecule has 0 atom stereocenters. The molecule has 0 aliphatic rings. The van der Waals surface area contributed by atoms with Crippen molar-refractivity contribution in [1.29, 1.82) is 5.26 Å². The minimum absolute atomic E-state index is 0.386. The monoisotopic (exact) mass is 452 g/mol. The quantitative estimate of drug-likeness (QED) is 0.456. The summed E-state index contributed by atoms with van der Waals surface area (Å²) in [6, 6.07) is 15.3. The van der Waals surface area contributed by atoms with Gasteiger partial charge in [0.25, 0.3) is 5.91 Å². The van der Waals surface area contributed by atoms with Gasteiger partial charge >= 0.3 is 0 Å². The van der Waals surface area contributed by atoms with E-state index >= 15 is 0 Å². The molecule has 0 radical (unpaired) electrons. The molecule has 6 heteroatoms. The SMILES string of the molecule is CC#CC(=O)Nc1ccc2ncc(C#N)c(Nc3cccc(I)c3)c2c1. The molecule has 5 nitrogen and oxygen atoms in total. The minimum atomic E-state index is -0.386. The zero-order valence-corrected chi connectivity index (χ0v) is 16.0. The van der Waals surface area contributed by atoms with Crippen molar-refractivity contribution in [2.24, 2.45) is 0 Å². The summed E-state index contributed by atoms with van der Waals surface area (Å²) >= 11 is 2.23. The van der Waals surface area contributed by atoms with Crippen molar-refractivity contribution in [3.05, 3.63) is 57.8 Å². The predicted molar refractivity (Wildman–Crippen MR) is 111 cm³/mol. The van der Waals surface area contributed by atoms with E-state index in [4.69, 9.17) is 0 Å². The van der Waals surface area contributed by atoms with Gasteiger partial charge in [-0.1, -0.05) is 12.0 Å². The zero-order chi connectivity index (χ0) is 18.5. The highest BCUT2D eigenvalue weighted by atomic mass is 127. The molecule has 0 saturated heterocycles. The van der Waals surface area contributed by atoms with E-state index < -0.39 is 0 Å². The lowest BCUT2D eigenvalue weighted by Crippen LogP contribution is -2.08. The number of fused-ring (bicyclic) bond motifs is 1. The third kappa shape index (κ3) is 3.93. The number of anilines is 3. The van der Waals surface area contributed by atoms with Gasteiger partial charge in [0.2, 0.25) is 0 Å². The van der Waals surface area contributed by atoms with Gasteiger partial charge in [-0.3, -0.25) is 9.78 Å². The molecule has 0 bridgehead atoms. The van der Waals surface area contributed by atoms with Crippen molar-refractivity contribution in [1.82, 2.24) is 4.98 Å². The molecule has 0 saturated carbocycles. The normalized spacial score (nSPS) is 9.73. The van der Waals surface area contributed by atoms with Gasteiger partial charge in [-0.05, 0) is 71.8 Å². The van der Waals surface area contributed by atoms with Crippen LogP contribution in [0.4, 0.5) is 17.1 Å². The van der Waals surface area contributed by atoms with E-state index in [2.05, 4.69) is 56.1 Å². The van der Waals surface area contributed by atoms with Gasteiger partial charge in [0.05, 0.1) is 16.8 Å². The number of benzene rings is 2. The number of amides is 1. The molecular weight excluding hydrogens is 439 g/mol. The van der Waals surface area contributed by atoms with Gasteiger partial charge in [-0.15, -0.1) is 0 Å². The smallest absolute Gasteiger partial charge is 0.300 e. The molecule has 0 aliphatic heterocycles. The molecule has 126 valence electrons. The van der Waals surface area contributed by atoms with Crippen molar-refractivity contribution in [2.45, 2.75) is 6.92 Å². The Balaban J connectivity index is 2.10. The molecule has 1 amide bonds. The Morgan fingerprint density at radius 3 is 2.77 bits per heavy atom. The Kier molecular flexibility index (Phi) is 5.35. The summed E-state index contributed by atoms with van der Waals surface area (Å²) in [4.78, 5) is 16.0. The molecule has 2 N–H and O–H groups in total. The summed E-state index contributed by atoms with van der Waals surface area (Å²) in [6.45, 7) is 1.60. The van der Waals surface area contributed by atoms with E-state index in [1.54, 1.807) is 31.3 Å². The van der Waals surface area contributed by atoms with Crippen LogP contribution in [0.5, 0.6) is 0 Å². The van der Waals surface area contributed by atoms with Crippen molar-refractivity contribution in [3.8, 4) is 17.9 Å². The molecule has 0 fully saturated rings. The van der Waals surface area contributed by atoms with Gasteiger partial charge in [-0.25, -0.2) is 0 Å². The number of halogens is 1. The van der Waals surface area contributed by atoms with Crippen molar-refractivity contribution >= 4 is 56.5 Å². The topological polar surface area (TPSA) is 77.8 Å². The highest BCUT2D eigenvalue weighted by Crippen LogP contribution is 2.31. The van der Waals surface area contributed by atoms with Crippen LogP contribution in [0.3, 0.4) is 0 Å². The first-order valence-corrected chi connectivity index (χ1v) is 8.78. The van der Waals surface area contributed by atoms with Gasteiger partial charge in [0.1, 0.15) is 6.07 Å². The molecule has 1 heterocycles. The van der Waals surface area contributed by atoms with Crippen molar-refractivity contribution in [3.63, 3.8) is 0 Å². The first kappa shape index (κ1) is 17.7. The number of carbonyl (C=O) groups is 1. The molecule has 26 heavy (non-hydrogen) atoms. The number of nitrogens with one attached hydrogen (secondary N) is 2. The number of pyridine rings is 1. The van der Waals surface area contributed by atoms with Gasteiger partial charge in [-0.2, -0.15) is 5.26 Å². The van der Waals surface area contributed by atoms with Crippen LogP contribution in [0.2, 0.25) is 0 Å². The largest absolute Gasteiger partial charge is 0.354 e. The van der Waals surface area contributed by atoms with E-state index in [1.165, 1.54) is 0 Å². The maximum absolute atomic E-state index is 11.7. The average Bonchev–Trinajstić information content (AvgIpc) is 2.62. The first-order valence-electron chi connectivity index (χ1n) is 7.70. The molecule has 3 rings (SSSR count). The van der Waals surface area contributed by atoms with Crippen molar-refractivity contribution in [2.75, 3.05) is 10.6 Å². The van der Waals surface area contributed by atoms with E-state index in [0.29, 0.717) is 16.9 Å². The van der Waals surface area contributed by atoms with E-state index in [-0.39, 0.29) is 5.91 Å². The van der Waals surface area contributed by atoms with Crippen LogP contribution in [0, 0.1) is 26.7 Å². The summed E-state index contributed by atoms with van der Waals surface area (Å²) in [6.07, 6.45) is 1.54. The lowest BCUT2D eigenvalue weighted by Gasteiger charge is -2.13. The Morgan fingerprint density at radius 2 is 2.04 bits per heavy atom. The maximum Gasteiger partial charge on any atom is 0.300 e. The predicted octanol–water partition coefficient (Wildman–Crippen LogP) is 4.42. The van der Waals surface area contributed by atoms with Crippen molar-refractivity contribution < 1.29 is 4.79 Å². The Morgan fingerprint density at radius 1 is 1.19 bits per heavy atom. The second-order valence-electron chi connectivity index (χ2n) is 5.36. The van der Waals surface area contributed by atoms with Crippen LogP contribution >= 0.6 is 22.6 Å². The van der Waals surface area contributed by atoms with E-state index in [1.807, 2.05) is 24.3 Å².